The molecule has 0 aliphatic carbocycles. The summed E-state index contributed by atoms with van der Waals surface area (Å²) in [4.78, 5) is 7.87. The van der Waals surface area contributed by atoms with Crippen molar-refractivity contribution in [3.63, 3.8) is 0 Å². The van der Waals surface area contributed by atoms with Gasteiger partial charge in [0.25, 0.3) is 0 Å². The maximum atomic E-state index is 4.37. The van der Waals surface area contributed by atoms with Gasteiger partial charge in [0, 0.05) is 41.1 Å². The first-order valence-electron chi connectivity index (χ1n) is 6.43. The molecule has 0 bridgehead atoms. The van der Waals surface area contributed by atoms with Gasteiger partial charge in [-0.25, -0.2) is 0 Å². The molecule has 3 nitrogen and oxygen atoms in total. The molecule has 2 heterocycles. The van der Waals surface area contributed by atoms with Crippen LogP contribution >= 0.6 is 0 Å². The smallest absolute Gasteiger partial charge is 0.0512 e. The number of aromatic nitrogens is 2. The number of pyridine rings is 1. The van der Waals surface area contributed by atoms with Gasteiger partial charge in [-0.3, -0.25) is 4.98 Å². The van der Waals surface area contributed by atoms with Gasteiger partial charge in [0.2, 0.25) is 0 Å². The Kier molecular flexibility index (Phi) is 2.75. The number of hydrogen-bond donors (Lipinski definition) is 2. The highest BCUT2D eigenvalue weighted by molar-refractivity contribution is 5.92. The second-order valence-corrected chi connectivity index (χ2v) is 4.77. The molecule has 0 spiro atoms. The molecule has 0 fully saturated rings. The van der Waals surface area contributed by atoms with Gasteiger partial charge >= 0.3 is 0 Å². The van der Waals surface area contributed by atoms with Crippen molar-refractivity contribution >= 4 is 16.6 Å². The maximum Gasteiger partial charge on any atom is 0.0512 e. The van der Waals surface area contributed by atoms with Crippen LogP contribution in [0.1, 0.15) is 11.3 Å². The highest BCUT2D eigenvalue weighted by Gasteiger charge is 2.11. The van der Waals surface area contributed by atoms with Crippen LogP contribution in [0.3, 0.4) is 0 Å². The number of fused-ring (bicyclic) bond motifs is 1. The Hall–Kier alpha value is -2.29. The van der Waals surface area contributed by atoms with E-state index in [0.29, 0.717) is 0 Å². The summed E-state index contributed by atoms with van der Waals surface area (Å²) in [5.41, 5.74) is 6.93. The third-order valence-corrected chi connectivity index (χ3v) is 3.62. The highest BCUT2D eigenvalue weighted by Crippen LogP contribution is 2.32. The van der Waals surface area contributed by atoms with E-state index < -0.39 is 0 Å². The summed E-state index contributed by atoms with van der Waals surface area (Å²) >= 11 is 0. The molecule has 1 aromatic carbocycles. The SMILES string of the molecule is CNc1ccc2[nH]c(-c3cccnc3C)c(C)c2c1. The highest BCUT2D eigenvalue weighted by atomic mass is 14.8. The monoisotopic (exact) mass is 251 g/mol. The Bertz CT molecular complexity index is 741. The van der Waals surface area contributed by atoms with Crippen molar-refractivity contribution < 1.29 is 0 Å². The lowest BCUT2D eigenvalue weighted by Crippen LogP contribution is -1.88. The molecule has 0 aliphatic heterocycles. The van der Waals surface area contributed by atoms with Gasteiger partial charge in [-0.1, -0.05) is 0 Å². The summed E-state index contributed by atoms with van der Waals surface area (Å²) < 4.78 is 0. The summed E-state index contributed by atoms with van der Waals surface area (Å²) in [5.74, 6) is 0. The number of benzene rings is 1. The topological polar surface area (TPSA) is 40.7 Å². The second kappa shape index (κ2) is 4.43. The van der Waals surface area contributed by atoms with Crippen molar-refractivity contribution in [2.75, 3.05) is 12.4 Å². The molecular weight excluding hydrogens is 234 g/mol. The Morgan fingerprint density at radius 1 is 1.16 bits per heavy atom. The molecule has 19 heavy (non-hydrogen) atoms. The van der Waals surface area contributed by atoms with Crippen LogP contribution in [0.4, 0.5) is 5.69 Å². The number of rotatable bonds is 2. The Morgan fingerprint density at radius 2 is 2.00 bits per heavy atom. The molecular formula is C16H17N3. The standard InChI is InChI=1S/C16H17N3/c1-10-14-9-12(17-3)6-7-15(14)19-16(10)13-5-4-8-18-11(13)2/h4-9,17,19H,1-3H3. The molecule has 2 N–H and O–H groups in total. The Morgan fingerprint density at radius 3 is 2.74 bits per heavy atom. The van der Waals surface area contributed by atoms with Crippen LogP contribution in [0.2, 0.25) is 0 Å². The van der Waals surface area contributed by atoms with Crippen LogP contribution in [0.15, 0.2) is 36.5 Å². The molecule has 0 atom stereocenters. The van der Waals surface area contributed by atoms with E-state index in [1.54, 1.807) is 0 Å². The predicted molar refractivity (Wildman–Crippen MR) is 80.6 cm³/mol. The summed E-state index contributed by atoms with van der Waals surface area (Å²) in [5, 5.41) is 4.44. The summed E-state index contributed by atoms with van der Waals surface area (Å²) in [6.07, 6.45) is 1.83. The third-order valence-electron chi connectivity index (χ3n) is 3.62. The normalized spacial score (nSPS) is 10.9. The number of nitrogens with one attached hydrogen (secondary N) is 2. The van der Waals surface area contributed by atoms with Crippen molar-refractivity contribution in [3.8, 4) is 11.3 Å². The number of hydrogen-bond acceptors (Lipinski definition) is 2. The molecule has 3 heteroatoms. The zero-order valence-corrected chi connectivity index (χ0v) is 11.4. The minimum atomic E-state index is 1.05. The second-order valence-electron chi connectivity index (χ2n) is 4.77. The molecule has 0 amide bonds. The first-order chi connectivity index (χ1) is 9.20. The predicted octanol–water partition coefficient (Wildman–Crippen LogP) is 3.89. The molecule has 0 saturated carbocycles. The van der Waals surface area contributed by atoms with E-state index in [-0.39, 0.29) is 0 Å². The van der Waals surface area contributed by atoms with Gasteiger partial charge in [0.1, 0.15) is 0 Å². The lowest BCUT2D eigenvalue weighted by atomic mass is 10.1. The fraction of sp³-hybridized carbons (Fsp3) is 0.188. The fourth-order valence-electron chi connectivity index (χ4n) is 2.50. The lowest BCUT2D eigenvalue weighted by molar-refractivity contribution is 1.19. The van der Waals surface area contributed by atoms with Crippen LogP contribution < -0.4 is 5.32 Å². The van der Waals surface area contributed by atoms with Gasteiger partial charge < -0.3 is 10.3 Å². The van der Waals surface area contributed by atoms with E-state index in [9.17, 15) is 0 Å². The maximum absolute atomic E-state index is 4.37. The fourth-order valence-corrected chi connectivity index (χ4v) is 2.50. The Labute approximate surface area is 112 Å². The van der Waals surface area contributed by atoms with E-state index in [1.807, 2.05) is 26.2 Å². The van der Waals surface area contributed by atoms with Crippen LogP contribution in [0.25, 0.3) is 22.2 Å². The van der Waals surface area contributed by atoms with Crippen molar-refractivity contribution in [3.05, 3.63) is 47.8 Å². The molecule has 96 valence electrons. The minimum Gasteiger partial charge on any atom is -0.388 e. The zero-order valence-electron chi connectivity index (χ0n) is 11.4. The largest absolute Gasteiger partial charge is 0.388 e. The van der Waals surface area contributed by atoms with Gasteiger partial charge in [-0.15, -0.1) is 0 Å². The number of aryl methyl sites for hydroxylation is 2. The summed E-state index contributed by atoms with van der Waals surface area (Å²) in [6, 6.07) is 10.5. The van der Waals surface area contributed by atoms with Crippen LogP contribution in [-0.4, -0.2) is 17.0 Å². The van der Waals surface area contributed by atoms with E-state index in [0.717, 1.165) is 22.6 Å². The van der Waals surface area contributed by atoms with Crippen molar-refractivity contribution in [1.82, 2.24) is 9.97 Å². The molecule has 2 aromatic heterocycles. The van der Waals surface area contributed by atoms with Crippen molar-refractivity contribution in [2.45, 2.75) is 13.8 Å². The van der Waals surface area contributed by atoms with Crippen molar-refractivity contribution in [2.24, 2.45) is 0 Å². The summed E-state index contributed by atoms with van der Waals surface area (Å²) in [7, 11) is 1.94. The number of aromatic amines is 1. The molecule has 0 aliphatic rings. The molecule has 3 rings (SSSR count). The summed E-state index contributed by atoms with van der Waals surface area (Å²) in [6.45, 7) is 4.19. The number of H-pyrrole nitrogens is 1. The quantitative estimate of drug-likeness (QED) is 0.725. The van der Waals surface area contributed by atoms with Crippen molar-refractivity contribution in [1.29, 1.82) is 0 Å². The molecule has 0 unspecified atom stereocenters. The van der Waals surface area contributed by atoms with Gasteiger partial charge in [-0.05, 0) is 49.7 Å². The van der Waals surface area contributed by atoms with Gasteiger partial charge in [0.15, 0.2) is 0 Å². The van der Waals surface area contributed by atoms with Crippen LogP contribution in [-0.2, 0) is 0 Å². The van der Waals surface area contributed by atoms with E-state index in [2.05, 4.69) is 46.5 Å². The molecule has 3 aromatic rings. The third kappa shape index (κ3) is 1.87. The average Bonchev–Trinajstić information content (AvgIpc) is 2.76. The average molecular weight is 251 g/mol. The van der Waals surface area contributed by atoms with E-state index >= 15 is 0 Å². The van der Waals surface area contributed by atoms with Gasteiger partial charge in [0.05, 0.1) is 5.69 Å². The first kappa shape index (κ1) is 11.8. The zero-order chi connectivity index (χ0) is 13.4. The molecule has 0 saturated heterocycles. The van der Waals surface area contributed by atoms with E-state index in [4.69, 9.17) is 0 Å². The van der Waals surface area contributed by atoms with E-state index in [1.165, 1.54) is 16.5 Å². The lowest BCUT2D eigenvalue weighted by Gasteiger charge is -2.03. The van der Waals surface area contributed by atoms with Crippen LogP contribution in [0.5, 0.6) is 0 Å². The van der Waals surface area contributed by atoms with Gasteiger partial charge in [-0.2, -0.15) is 0 Å². The molecule has 0 radical (unpaired) electrons. The minimum absolute atomic E-state index is 1.05. The van der Waals surface area contributed by atoms with Crippen LogP contribution in [0, 0.1) is 13.8 Å². The number of nitrogens with zero attached hydrogens (tertiary/aromatic N) is 1. The first-order valence-corrected chi connectivity index (χ1v) is 6.43. The Balaban J connectivity index is 2.26. The number of anilines is 1.